The summed E-state index contributed by atoms with van der Waals surface area (Å²) in [7, 11) is 0. The van der Waals surface area contributed by atoms with Crippen LogP contribution in [0.25, 0.3) is 0 Å². The van der Waals surface area contributed by atoms with E-state index in [4.69, 9.17) is 4.74 Å². The van der Waals surface area contributed by atoms with Crippen molar-refractivity contribution in [2.24, 2.45) is 0 Å². The molecule has 0 spiro atoms. The second-order valence-electron chi connectivity index (χ2n) is 6.90. The summed E-state index contributed by atoms with van der Waals surface area (Å²) >= 11 is 0. The van der Waals surface area contributed by atoms with Crippen LogP contribution in [-0.4, -0.2) is 44.6 Å². The summed E-state index contributed by atoms with van der Waals surface area (Å²) in [6.07, 6.45) is 0.779. The number of hydrogen-bond donors (Lipinski definition) is 0. The molecule has 0 saturated heterocycles. The molecule has 9 heteroatoms. The zero-order chi connectivity index (χ0) is 21.6. The van der Waals surface area contributed by atoms with Gasteiger partial charge in [0.05, 0.1) is 4.92 Å². The fourth-order valence-corrected chi connectivity index (χ4v) is 2.98. The van der Waals surface area contributed by atoms with Crippen LogP contribution in [0.15, 0.2) is 24.3 Å². The Morgan fingerprint density at radius 1 is 1.21 bits per heavy atom. The third-order valence-electron chi connectivity index (χ3n) is 4.50. The van der Waals surface area contributed by atoms with Crippen LogP contribution in [0.2, 0.25) is 0 Å². The van der Waals surface area contributed by atoms with Crippen LogP contribution < -0.4 is 0 Å². The van der Waals surface area contributed by atoms with E-state index in [1.807, 2.05) is 38.1 Å². The third-order valence-corrected chi connectivity index (χ3v) is 4.50. The van der Waals surface area contributed by atoms with Gasteiger partial charge in [0, 0.05) is 13.1 Å². The van der Waals surface area contributed by atoms with Crippen molar-refractivity contribution in [2.45, 2.75) is 47.2 Å². The SMILES string of the molecule is CCCN(Cc1ccc(C)cc1)C(=O)COC(=O)Cn1nc(C)c([N+](=O)[O-])c1C. The lowest BCUT2D eigenvalue weighted by Crippen LogP contribution is -2.35. The summed E-state index contributed by atoms with van der Waals surface area (Å²) in [5.74, 6) is -0.967. The first-order chi connectivity index (χ1) is 13.7. The zero-order valence-corrected chi connectivity index (χ0v) is 17.2. The smallest absolute Gasteiger partial charge is 0.328 e. The lowest BCUT2D eigenvalue weighted by molar-refractivity contribution is -0.386. The average Bonchev–Trinajstić information content (AvgIpc) is 2.94. The molecule has 0 aliphatic rings. The molecule has 1 aromatic carbocycles. The Balaban J connectivity index is 1.95. The second kappa shape index (κ2) is 9.81. The van der Waals surface area contributed by atoms with Crippen molar-refractivity contribution in [3.8, 4) is 0 Å². The molecule has 1 aromatic heterocycles. The number of nitrogens with zero attached hydrogens (tertiary/aromatic N) is 4. The summed E-state index contributed by atoms with van der Waals surface area (Å²) in [4.78, 5) is 36.8. The van der Waals surface area contributed by atoms with Gasteiger partial charge in [-0.05, 0) is 32.8 Å². The summed E-state index contributed by atoms with van der Waals surface area (Å²) in [6, 6.07) is 7.90. The van der Waals surface area contributed by atoms with Gasteiger partial charge in [-0.25, -0.2) is 0 Å². The van der Waals surface area contributed by atoms with Gasteiger partial charge in [0.25, 0.3) is 5.91 Å². The molecule has 9 nitrogen and oxygen atoms in total. The van der Waals surface area contributed by atoms with E-state index in [9.17, 15) is 19.7 Å². The lowest BCUT2D eigenvalue weighted by atomic mass is 10.1. The Bertz CT molecular complexity index is 889. The molecule has 2 aromatic rings. The first-order valence-corrected chi connectivity index (χ1v) is 9.40. The summed E-state index contributed by atoms with van der Waals surface area (Å²) < 4.78 is 6.31. The number of amides is 1. The van der Waals surface area contributed by atoms with Gasteiger partial charge >= 0.3 is 11.7 Å². The van der Waals surface area contributed by atoms with E-state index in [0.717, 1.165) is 17.5 Å². The molecule has 1 heterocycles. The number of aromatic nitrogens is 2. The topological polar surface area (TPSA) is 108 Å². The molecule has 0 aliphatic carbocycles. The Morgan fingerprint density at radius 2 is 1.86 bits per heavy atom. The Kier molecular flexibility index (Phi) is 7.46. The standard InChI is InChI=1S/C20H26N4O5/c1-5-10-22(11-17-8-6-14(2)7-9-17)18(25)13-29-19(26)12-23-16(4)20(24(27)28)15(3)21-23/h6-9H,5,10-13H2,1-4H3. The number of carbonyl (C=O) groups excluding carboxylic acids is 2. The van der Waals surface area contributed by atoms with Gasteiger partial charge in [-0.15, -0.1) is 0 Å². The van der Waals surface area contributed by atoms with Crippen LogP contribution in [0, 0.1) is 30.9 Å². The molecule has 0 bridgehead atoms. The molecule has 2 rings (SSSR count). The molecular weight excluding hydrogens is 376 g/mol. The first kappa shape index (κ1) is 22.1. The van der Waals surface area contributed by atoms with E-state index in [0.29, 0.717) is 13.1 Å². The molecule has 0 aliphatic heterocycles. The molecule has 0 saturated carbocycles. The number of esters is 1. The van der Waals surface area contributed by atoms with Crippen molar-refractivity contribution in [2.75, 3.05) is 13.2 Å². The van der Waals surface area contributed by atoms with Gasteiger partial charge in [0.15, 0.2) is 6.61 Å². The third kappa shape index (κ3) is 5.87. The zero-order valence-electron chi connectivity index (χ0n) is 17.2. The number of ether oxygens (including phenoxy) is 1. The minimum Gasteiger partial charge on any atom is -0.454 e. The van der Waals surface area contributed by atoms with Crippen molar-refractivity contribution < 1.29 is 19.2 Å². The van der Waals surface area contributed by atoms with Crippen LogP contribution in [0.4, 0.5) is 5.69 Å². The Morgan fingerprint density at radius 3 is 2.41 bits per heavy atom. The normalized spacial score (nSPS) is 10.6. The highest BCUT2D eigenvalue weighted by molar-refractivity contribution is 5.80. The van der Waals surface area contributed by atoms with Gasteiger partial charge in [0.1, 0.15) is 17.9 Å². The van der Waals surface area contributed by atoms with Crippen molar-refractivity contribution in [1.82, 2.24) is 14.7 Å². The molecule has 0 atom stereocenters. The summed E-state index contributed by atoms with van der Waals surface area (Å²) in [5.41, 5.74) is 2.51. The van der Waals surface area contributed by atoms with Crippen LogP contribution in [0.1, 0.15) is 35.9 Å². The average molecular weight is 402 g/mol. The predicted octanol–water partition coefficient (Wildman–Crippen LogP) is 2.70. The highest BCUT2D eigenvalue weighted by Gasteiger charge is 2.23. The fourth-order valence-electron chi connectivity index (χ4n) is 2.98. The molecule has 156 valence electrons. The van der Waals surface area contributed by atoms with E-state index in [1.165, 1.54) is 18.5 Å². The van der Waals surface area contributed by atoms with Crippen molar-refractivity contribution >= 4 is 17.6 Å². The molecule has 0 N–H and O–H groups in total. The van der Waals surface area contributed by atoms with E-state index < -0.39 is 10.9 Å². The fraction of sp³-hybridized carbons (Fsp3) is 0.450. The van der Waals surface area contributed by atoms with Crippen LogP contribution >= 0.6 is 0 Å². The van der Waals surface area contributed by atoms with Crippen molar-refractivity contribution in [3.63, 3.8) is 0 Å². The lowest BCUT2D eigenvalue weighted by Gasteiger charge is -2.22. The Labute approximate surface area is 169 Å². The summed E-state index contributed by atoms with van der Waals surface area (Å²) in [6.45, 7) is 7.30. The van der Waals surface area contributed by atoms with Gasteiger partial charge in [-0.1, -0.05) is 36.8 Å². The van der Waals surface area contributed by atoms with Gasteiger partial charge < -0.3 is 9.64 Å². The van der Waals surface area contributed by atoms with Gasteiger partial charge in [-0.3, -0.25) is 24.4 Å². The number of carbonyl (C=O) groups is 2. The molecule has 0 unspecified atom stereocenters. The minimum atomic E-state index is -0.675. The van der Waals surface area contributed by atoms with Crippen LogP contribution in [0.5, 0.6) is 0 Å². The largest absolute Gasteiger partial charge is 0.454 e. The predicted molar refractivity (Wildman–Crippen MR) is 106 cm³/mol. The van der Waals surface area contributed by atoms with E-state index in [2.05, 4.69) is 5.10 Å². The van der Waals surface area contributed by atoms with Gasteiger partial charge in [0.2, 0.25) is 0 Å². The minimum absolute atomic E-state index is 0.124. The highest BCUT2D eigenvalue weighted by Crippen LogP contribution is 2.21. The second-order valence-corrected chi connectivity index (χ2v) is 6.90. The molecular formula is C20H26N4O5. The number of benzene rings is 1. The molecule has 29 heavy (non-hydrogen) atoms. The molecule has 0 radical (unpaired) electrons. The van der Waals surface area contributed by atoms with Crippen molar-refractivity contribution in [1.29, 1.82) is 0 Å². The highest BCUT2D eigenvalue weighted by atomic mass is 16.6. The van der Waals surface area contributed by atoms with Crippen molar-refractivity contribution in [3.05, 3.63) is 56.9 Å². The van der Waals surface area contributed by atoms with Gasteiger partial charge in [-0.2, -0.15) is 5.10 Å². The Hall–Kier alpha value is -3.23. The first-order valence-electron chi connectivity index (χ1n) is 9.40. The van der Waals surface area contributed by atoms with Crippen LogP contribution in [0.3, 0.4) is 0 Å². The molecule has 0 fully saturated rings. The quantitative estimate of drug-likeness (QED) is 0.363. The van der Waals surface area contributed by atoms with E-state index in [1.54, 1.807) is 4.90 Å². The maximum atomic E-state index is 12.5. The number of aryl methyl sites for hydroxylation is 2. The number of rotatable bonds is 9. The molecule has 1 amide bonds. The number of nitro groups is 1. The van der Waals surface area contributed by atoms with Crippen LogP contribution in [-0.2, 0) is 27.4 Å². The maximum Gasteiger partial charge on any atom is 0.328 e. The van der Waals surface area contributed by atoms with E-state index in [-0.39, 0.29) is 36.1 Å². The monoisotopic (exact) mass is 402 g/mol. The van der Waals surface area contributed by atoms with E-state index >= 15 is 0 Å². The summed E-state index contributed by atoms with van der Waals surface area (Å²) in [5, 5.41) is 15.1. The maximum absolute atomic E-state index is 12.5. The number of hydrogen-bond acceptors (Lipinski definition) is 6.